The predicted molar refractivity (Wildman–Crippen MR) is 105 cm³/mol. The van der Waals surface area contributed by atoms with Crippen LogP contribution in [0, 0.1) is 5.92 Å². The minimum absolute atomic E-state index is 0.0708. The molecule has 0 fully saturated rings. The lowest BCUT2D eigenvalue weighted by Crippen LogP contribution is -2.37. The zero-order valence-corrected chi connectivity index (χ0v) is 16.3. The van der Waals surface area contributed by atoms with Gasteiger partial charge in [0.25, 0.3) is 5.91 Å². The second-order valence-electron chi connectivity index (χ2n) is 7.02. The van der Waals surface area contributed by atoms with Crippen molar-refractivity contribution in [3.05, 3.63) is 60.2 Å². The number of hydrogen-bond acceptors (Lipinski definition) is 4. The molecule has 0 aliphatic rings. The fraction of sp³-hybridized carbons (Fsp3) is 0.429. The van der Waals surface area contributed by atoms with Crippen LogP contribution >= 0.6 is 0 Å². The summed E-state index contributed by atoms with van der Waals surface area (Å²) in [5.41, 5.74) is 1.36. The molecule has 0 bridgehead atoms. The standard InChI is InChI=1S/C21H28N4O2/c1-16(2)9-13-25(21(27)19-15-22-11-12-23-19)14-10-20(26)24-17(3)18-7-5-4-6-8-18/h4-8,11-12,15-17H,9-10,13-14H2,1-3H3,(H,24,26)/t17-/m0/s1. The van der Waals surface area contributed by atoms with Crippen molar-refractivity contribution in [2.24, 2.45) is 5.92 Å². The maximum absolute atomic E-state index is 12.7. The molecule has 27 heavy (non-hydrogen) atoms. The van der Waals surface area contributed by atoms with E-state index in [1.54, 1.807) is 4.90 Å². The average molecular weight is 368 g/mol. The first kappa shape index (κ1) is 20.6. The van der Waals surface area contributed by atoms with Gasteiger partial charge < -0.3 is 10.2 Å². The molecule has 2 rings (SSSR count). The van der Waals surface area contributed by atoms with E-state index in [-0.39, 0.29) is 24.3 Å². The molecule has 1 heterocycles. The van der Waals surface area contributed by atoms with Gasteiger partial charge in [-0.25, -0.2) is 4.98 Å². The molecule has 1 N–H and O–H groups in total. The van der Waals surface area contributed by atoms with Crippen LogP contribution in [0.5, 0.6) is 0 Å². The molecule has 1 aromatic heterocycles. The van der Waals surface area contributed by atoms with Crippen molar-refractivity contribution in [2.75, 3.05) is 13.1 Å². The number of benzene rings is 1. The van der Waals surface area contributed by atoms with Gasteiger partial charge in [-0.2, -0.15) is 0 Å². The molecule has 6 heteroatoms. The summed E-state index contributed by atoms with van der Waals surface area (Å²) >= 11 is 0. The molecule has 2 aromatic rings. The van der Waals surface area contributed by atoms with Gasteiger partial charge in [-0.15, -0.1) is 0 Å². The van der Waals surface area contributed by atoms with Crippen LogP contribution in [0.1, 0.15) is 55.7 Å². The Labute approximate surface area is 161 Å². The van der Waals surface area contributed by atoms with E-state index in [0.29, 0.717) is 24.7 Å². The third-order valence-corrected chi connectivity index (χ3v) is 4.33. The Morgan fingerprint density at radius 1 is 1.07 bits per heavy atom. The summed E-state index contributed by atoms with van der Waals surface area (Å²) in [5, 5.41) is 2.99. The molecule has 0 aliphatic heterocycles. The van der Waals surface area contributed by atoms with E-state index in [1.807, 2.05) is 37.3 Å². The Morgan fingerprint density at radius 3 is 2.44 bits per heavy atom. The average Bonchev–Trinajstić information content (AvgIpc) is 2.68. The summed E-state index contributed by atoms with van der Waals surface area (Å²) in [4.78, 5) is 34.8. The van der Waals surface area contributed by atoms with Gasteiger partial charge in [0.1, 0.15) is 5.69 Å². The van der Waals surface area contributed by atoms with E-state index in [1.165, 1.54) is 18.6 Å². The van der Waals surface area contributed by atoms with Gasteiger partial charge >= 0.3 is 0 Å². The fourth-order valence-electron chi connectivity index (χ4n) is 2.68. The van der Waals surface area contributed by atoms with Crippen LogP contribution in [-0.2, 0) is 4.79 Å². The first-order valence-corrected chi connectivity index (χ1v) is 9.37. The number of amides is 2. The molecule has 0 spiro atoms. The smallest absolute Gasteiger partial charge is 0.274 e. The van der Waals surface area contributed by atoms with E-state index in [0.717, 1.165) is 12.0 Å². The van der Waals surface area contributed by atoms with E-state index >= 15 is 0 Å². The zero-order valence-electron chi connectivity index (χ0n) is 16.3. The molecular formula is C21H28N4O2. The number of aromatic nitrogens is 2. The third kappa shape index (κ3) is 6.81. The third-order valence-electron chi connectivity index (χ3n) is 4.33. The van der Waals surface area contributed by atoms with E-state index in [9.17, 15) is 9.59 Å². The van der Waals surface area contributed by atoms with Crippen LogP contribution in [0.25, 0.3) is 0 Å². The number of carbonyl (C=O) groups is 2. The van der Waals surface area contributed by atoms with Crippen LogP contribution in [0.15, 0.2) is 48.9 Å². The van der Waals surface area contributed by atoms with Crippen molar-refractivity contribution in [3.63, 3.8) is 0 Å². The van der Waals surface area contributed by atoms with Gasteiger partial charge in [0.05, 0.1) is 12.2 Å². The number of hydrogen-bond donors (Lipinski definition) is 1. The fourth-order valence-corrected chi connectivity index (χ4v) is 2.68. The molecule has 0 saturated heterocycles. The monoisotopic (exact) mass is 368 g/mol. The van der Waals surface area contributed by atoms with E-state index < -0.39 is 0 Å². The Bertz CT molecular complexity index is 719. The van der Waals surface area contributed by atoms with Crippen molar-refractivity contribution < 1.29 is 9.59 Å². The second kappa shape index (κ2) is 10.4. The van der Waals surface area contributed by atoms with Gasteiger partial charge in [0.2, 0.25) is 5.91 Å². The Kier molecular flexibility index (Phi) is 7.92. The summed E-state index contributed by atoms with van der Waals surface area (Å²) in [6.45, 7) is 7.12. The van der Waals surface area contributed by atoms with Gasteiger partial charge in [0, 0.05) is 31.9 Å². The Balaban J connectivity index is 1.94. The minimum Gasteiger partial charge on any atom is -0.350 e. The molecule has 0 unspecified atom stereocenters. The summed E-state index contributed by atoms with van der Waals surface area (Å²) in [6.07, 6.45) is 5.62. The molecule has 144 valence electrons. The van der Waals surface area contributed by atoms with Crippen molar-refractivity contribution in [1.82, 2.24) is 20.2 Å². The summed E-state index contributed by atoms with van der Waals surface area (Å²) in [5.74, 6) is 0.203. The lowest BCUT2D eigenvalue weighted by Gasteiger charge is -2.23. The number of nitrogens with one attached hydrogen (secondary N) is 1. The Morgan fingerprint density at radius 2 is 1.81 bits per heavy atom. The highest BCUT2D eigenvalue weighted by atomic mass is 16.2. The van der Waals surface area contributed by atoms with Crippen molar-refractivity contribution in [3.8, 4) is 0 Å². The van der Waals surface area contributed by atoms with Crippen molar-refractivity contribution in [2.45, 2.75) is 39.7 Å². The SMILES string of the molecule is CC(C)CCN(CCC(=O)N[C@@H](C)c1ccccc1)C(=O)c1cnccn1. The molecule has 0 radical (unpaired) electrons. The highest BCUT2D eigenvalue weighted by molar-refractivity contribution is 5.92. The predicted octanol–water partition coefficient (Wildman–Crippen LogP) is 3.23. The zero-order chi connectivity index (χ0) is 19.6. The quantitative estimate of drug-likeness (QED) is 0.737. The first-order valence-electron chi connectivity index (χ1n) is 9.37. The number of carbonyl (C=O) groups excluding carboxylic acids is 2. The van der Waals surface area contributed by atoms with Crippen LogP contribution in [0.4, 0.5) is 0 Å². The first-order chi connectivity index (χ1) is 13.0. The normalized spacial score (nSPS) is 11.9. The topological polar surface area (TPSA) is 75.2 Å². The molecule has 6 nitrogen and oxygen atoms in total. The van der Waals surface area contributed by atoms with Crippen molar-refractivity contribution in [1.29, 1.82) is 0 Å². The number of rotatable bonds is 9. The maximum Gasteiger partial charge on any atom is 0.274 e. The van der Waals surface area contributed by atoms with Crippen LogP contribution in [-0.4, -0.2) is 39.8 Å². The summed E-state index contributed by atoms with van der Waals surface area (Å²) in [7, 11) is 0. The highest BCUT2D eigenvalue weighted by Gasteiger charge is 2.19. The van der Waals surface area contributed by atoms with Crippen LogP contribution in [0.2, 0.25) is 0 Å². The minimum atomic E-state index is -0.187. The molecule has 0 saturated carbocycles. The lowest BCUT2D eigenvalue weighted by atomic mass is 10.1. The van der Waals surface area contributed by atoms with Gasteiger partial charge in [-0.3, -0.25) is 14.6 Å². The molecule has 1 aromatic carbocycles. The van der Waals surface area contributed by atoms with Crippen LogP contribution in [0.3, 0.4) is 0 Å². The largest absolute Gasteiger partial charge is 0.350 e. The van der Waals surface area contributed by atoms with Crippen molar-refractivity contribution >= 4 is 11.8 Å². The second-order valence-corrected chi connectivity index (χ2v) is 7.02. The maximum atomic E-state index is 12.7. The van der Waals surface area contributed by atoms with E-state index in [2.05, 4.69) is 29.1 Å². The number of nitrogens with zero attached hydrogens (tertiary/aromatic N) is 3. The van der Waals surface area contributed by atoms with Gasteiger partial charge in [0.15, 0.2) is 0 Å². The lowest BCUT2D eigenvalue weighted by molar-refractivity contribution is -0.121. The molecule has 1 atom stereocenters. The summed E-state index contributed by atoms with van der Waals surface area (Å²) < 4.78 is 0. The van der Waals surface area contributed by atoms with Gasteiger partial charge in [-0.05, 0) is 24.8 Å². The Hall–Kier alpha value is -2.76. The molecule has 0 aliphatic carbocycles. The highest BCUT2D eigenvalue weighted by Crippen LogP contribution is 2.12. The molecular weight excluding hydrogens is 340 g/mol. The van der Waals surface area contributed by atoms with Crippen LogP contribution < -0.4 is 5.32 Å². The molecule has 2 amide bonds. The van der Waals surface area contributed by atoms with Gasteiger partial charge in [-0.1, -0.05) is 44.2 Å². The van der Waals surface area contributed by atoms with E-state index in [4.69, 9.17) is 0 Å². The summed E-state index contributed by atoms with van der Waals surface area (Å²) in [6, 6.07) is 9.74.